The quantitative estimate of drug-likeness (QED) is 0.659. The van der Waals surface area contributed by atoms with Crippen LogP contribution in [0.2, 0.25) is 5.02 Å². The van der Waals surface area contributed by atoms with Crippen molar-refractivity contribution in [3.8, 4) is 0 Å². The van der Waals surface area contributed by atoms with Gasteiger partial charge in [0, 0.05) is 5.69 Å². The molecule has 1 aromatic heterocycles. The number of nitrogens with zero attached hydrogens (tertiary/aromatic N) is 1. The Hall–Kier alpha value is -2.64. The van der Waals surface area contributed by atoms with Crippen LogP contribution < -0.4 is 10.6 Å². The van der Waals surface area contributed by atoms with Gasteiger partial charge in [-0.1, -0.05) is 29.0 Å². The molecule has 116 valence electrons. The molecule has 2 aromatic carbocycles. The zero-order chi connectivity index (χ0) is 16.4. The molecule has 0 aliphatic heterocycles. The van der Waals surface area contributed by atoms with Crippen LogP contribution in [0.4, 0.5) is 15.6 Å². The minimum Gasteiger partial charge on any atom is -0.478 e. The lowest BCUT2D eigenvalue weighted by molar-refractivity contribution is 0.0697. The van der Waals surface area contributed by atoms with Crippen LogP contribution in [0.25, 0.3) is 10.2 Å². The summed E-state index contributed by atoms with van der Waals surface area (Å²) in [4.78, 5) is 27.0. The maximum atomic E-state index is 12.0. The number of fused-ring (bicyclic) bond motifs is 1. The van der Waals surface area contributed by atoms with Gasteiger partial charge in [-0.05, 0) is 36.4 Å². The summed E-state index contributed by atoms with van der Waals surface area (Å²) in [5.41, 5.74) is 1.27. The predicted molar refractivity (Wildman–Crippen MR) is 90.7 cm³/mol. The van der Waals surface area contributed by atoms with E-state index < -0.39 is 12.0 Å². The van der Waals surface area contributed by atoms with Gasteiger partial charge >= 0.3 is 12.0 Å². The molecule has 8 heteroatoms. The molecule has 2 amide bonds. The van der Waals surface area contributed by atoms with Crippen LogP contribution >= 0.6 is 22.9 Å². The van der Waals surface area contributed by atoms with Crippen LogP contribution in [-0.4, -0.2) is 22.1 Å². The highest BCUT2D eigenvalue weighted by atomic mass is 35.5. The largest absolute Gasteiger partial charge is 0.478 e. The summed E-state index contributed by atoms with van der Waals surface area (Å²) in [6.07, 6.45) is 0. The Morgan fingerprint density at radius 3 is 2.48 bits per heavy atom. The Morgan fingerprint density at radius 2 is 1.83 bits per heavy atom. The number of nitrogens with one attached hydrogen (secondary N) is 2. The van der Waals surface area contributed by atoms with Crippen LogP contribution in [0.5, 0.6) is 0 Å². The molecule has 0 bridgehead atoms. The van der Waals surface area contributed by atoms with E-state index in [1.807, 2.05) is 12.1 Å². The third-order valence-electron chi connectivity index (χ3n) is 2.98. The third kappa shape index (κ3) is 3.41. The summed E-state index contributed by atoms with van der Waals surface area (Å²) in [6, 6.07) is 10.8. The monoisotopic (exact) mass is 347 g/mol. The molecular formula is C15H10ClN3O3S. The number of hydrogen-bond acceptors (Lipinski definition) is 4. The number of anilines is 2. The highest BCUT2D eigenvalue weighted by Gasteiger charge is 2.10. The fourth-order valence-electron chi connectivity index (χ4n) is 1.92. The van der Waals surface area contributed by atoms with Crippen molar-refractivity contribution >= 4 is 56.0 Å². The third-order valence-corrected chi connectivity index (χ3v) is 4.22. The maximum Gasteiger partial charge on any atom is 0.335 e. The van der Waals surface area contributed by atoms with E-state index in [1.165, 1.54) is 35.6 Å². The molecule has 3 rings (SSSR count). The van der Waals surface area contributed by atoms with Gasteiger partial charge < -0.3 is 10.4 Å². The second kappa shape index (κ2) is 6.23. The summed E-state index contributed by atoms with van der Waals surface area (Å²) < 4.78 is 0.874. The van der Waals surface area contributed by atoms with Crippen molar-refractivity contribution in [2.24, 2.45) is 0 Å². The summed E-state index contributed by atoms with van der Waals surface area (Å²) in [7, 11) is 0. The van der Waals surface area contributed by atoms with Crippen molar-refractivity contribution in [3.05, 3.63) is 53.1 Å². The van der Waals surface area contributed by atoms with Crippen molar-refractivity contribution in [2.75, 3.05) is 10.6 Å². The zero-order valence-corrected chi connectivity index (χ0v) is 13.1. The Kier molecular flexibility index (Phi) is 4.14. The number of carbonyl (C=O) groups is 2. The first kappa shape index (κ1) is 15.3. The molecule has 0 atom stereocenters. The maximum absolute atomic E-state index is 12.0. The summed E-state index contributed by atoms with van der Waals surface area (Å²) in [5, 5.41) is 15.0. The molecule has 3 N–H and O–H groups in total. The second-order valence-electron chi connectivity index (χ2n) is 4.57. The van der Waals surface area contributed by atoms with Crippen molar-refractivity contribution in [1.29, 1.82) is 0 Å². The van der Waals surface area contributed by atoms with Crippen LogP contribution in [-0.2, 0) is 0 Å². The number of carboxylic acids is 1. The molecule has 23 heavy (non-hydrogen) atoms. The van der Waals surface area contributed by atoms with E-state index in [0.29, 0.717) is 21.4 Å². The number of aromatic carboxylic acids is 1. The molecule has 6 nitrogen and oxygen atoms in total. The molecule has 0 radical (unpaired) electrons. The minimum absolute atomic E-state index is 0.150. The van der Waals surface area contributed by atoms with Gasteiger partial charge in [0.25, 0.3) is 0 Å². The molecule has 3 aromatic rings. The normalized spacial score (nSPS) is 10.5. The van der Waals surface area contributed by atoms with Crippen molar-refractivity contribution < 1.29 is 14.7 Å². The first-order valence-electron chi connectivity index (χ1n) is 6.49. The number of urea groups is 1. The van der Waals surface area contributed by atoms with E-state index in [9.17, 15) is 9.59 Å². The van der Waals surface area contributed by atoms with E-state index in [2.05, 4.69) is 15.6 Å². The Bertz CT molecular complexity index is 893. The number of amides is 2. The Morgan fingerprint density at radius 1 is 1.09 bits per heavy atom. The van der Waals surface area contributed by atoms with Crippen LogP contribution in [0.1, 0.15) is 10.4 Å². The van der Waals surface area contributed by atoms with Crippen molar-refractivity contribution in [2.45, 2.75) is 0 Å². The number of hydrogen-bond donors (Lipinski definition) is 3. The van der Waals surface area contributed by atoms with Gasteiger partial charge in [-0.2, -0.15) is 0 Å². The van der Waals surface area contributed by atoms with Crippen molar-refractivity contribution in [3.63, 3.8) is 0 Å². The highest BCUT2D eigenvalue weighted by molar-refractivity contribution is 7.22. The van der Waals surface area contributed by atoms with E-state index in [4.69, 9.17) is 16.7 Å². The molecular weight excluding hydrogens is 338 g/mol. The summed E-state index contributed by atoms with van der Waals surface area (Å²) in [6.45, 7) is 0. The van der Waals surface area contributed by atoms with Gasteiger partial charge in [0.2, 0.25) is 0 Å². The van der Waals surface area contributed by atoms with Crippen LogP contribution in [0.15, 0.2) is 42.5 Å². The average Bonchev–Trinajstić information content (AvgIpc) is 2.91. The van der Waals surface area contributed by atoms with Crippen molar-refractivity contribution in [1.82, 2.24) is 4.98 Å². The SMILES string of the molecule is O=C(Nc1ccc(C(=O)O)cc1)Nc1nc2c(Cl)cccc2s1. The summed E-state index contributed by atoms with van der Waals surface area (Å²) >= 11 is 7.36. The molecule has 0 aliphatic rings. The fraction of sp³-hybridized carbons (Fsp3) is 0. The lowest BCUT2D eigenvalue weighted by atomic mass is 10.2. The minimum atomic E-state index is -1.02. The van der Waals surface area contributed by atoms with Crippen LogP contribution in [0, 0.1) is 0 Å². The number of rotatable bonds is 3. The zero-order valence-electron chi connectivity index (χ0n) is 11.5. The fourth-order valence-corrected chi connectivity index (χ4v) is 3.08. The Labute approximate surface area is 139 Å². The number of carbonyl (C=O) groups excluding carboxylic acids is 1. The predicted octanol–water partition coefficient (Wildman–Crippen LogP) is 4.29. The molecule has 1 heterocycles. The van der Waals surface area contributed by atoms with Gasteiger partial charge in [0.1, 0.15) is 5.52 Å². The lowest BCUT2D eigenvalue weighted by Gasteiger charge is -2.05. The lowest BCUT2D eigenvalue weighted by Crippen LogP contribution is -2.19. The van der Waals surface area contributed by atoms with E-state index in [0.717, 1.165) is 4.70 Å². The number of para-hydroxylation sites is 1. The number of aromatic nitrogens is 1. The van der Waals surface area contributed by atoms with Gasteiger partial charge in [-0.25, -0.2) is 14.6 Å². The van der Waals surface area contributed by atoms with Crippen LogP contribution in [0.3, 0.4) is 0 Å². The molecule has 0 aliphatic carbocycles. The summed E-state index contributed by atoms with van der Waals surface area (Å²) in [5.74, 6) is -1.02. The average molecular weight is 348 g/mol. The van der Waals surface area contributed by atoms with E-state index in [-0.39, 0.29) is 5.56 Å². The molecule has 0 spiro atoms. The smallest absolute Gasteiger partial charge is 0.335 e. The topological polar surface area (TPSA) is 91.3 Å². The van der Waals surface area contributed by atoms with Gasteiger partial charge in [0.05, 0.1) is 15.3 Å². The molecule has 0 saturated heterocycles. The highest BCUT2D eigenvalue weighted by Crippen LogP contribution is 2.30. The van der Waals surface area contributed by atoms with Gasteiger partial charge in [-0.15, -0.1) is 0 Å². The standard InChI is InChI=1S/C15H10ClN3O3S/c16-10-2-1-3-11-12(10)18-15(23-11)19-14(22)17-9-6-4-8(5-7-9)13(20)21/h1-7H,(H,20,21)(H2,17,18,19,22). The molecule has 0 saturated carbocycles. The molecule has 0 unspecified atom stereocenters. The van der Waals surface area contributed by atoms with E-state index >= 15 is 0 Å². The number of halogens is 1. The number of carboxylic acid groups (broad SMARTS) is 1. The number of thiazole rings is 1. The molecule has 0 fully saturated rings. The number of benzene rings is 2. The first-order chi connectivity index (χ1) is 11.0. The second-order valence-corrected chi connectivity index (χ2v) is 6.01. The van der Waals surface area contributed by atoms with E-state index in [1.54, 1.807) is 6.07 Å². The van der Waals surface area contributed by atoms with Gasteiger partial charge in [-0.3, -0.25) is 5.32 Å². The van der Waals surface area contributed by atoms with Gasteiger partial charge in [0.15, 0.2) is 5.13 Å². The Balaban J connectivity index is 1.70. The first-order valence-corrected chi connectivity index (χ1v) is 7.69.